The molecule has 0 unspecified atom stereocenters. The second-order valence-corrected chi connectivity index (χ2v) is 5.99. The van der Waals surface area contributed by atoms with Crippen molar-refractivity contribution >= 4 is 0 Å². The van der Waals surface area contributed by atoms with Gasteiger partial charge in [-0.25, -0.2) is 0 Å². The van der Waals surface area contributed by atoms with Crippen molar-refractivity contribution < 1.29 is 0 Å². The second-order valence-electron chi connectivity index (χ2n) is 5.99. The van der Waals surface area contributed by atoms with E-state index in [1.807, 2.05) is 13.8 Å². The van der Waals surface area contributed by atoms with Gasteiger partial charge in [0, 0.05) is 12.6 Å². The summed E-state index contributed by atoms with van der Waals surface area (Å²) in [5.74, 6) is 0. The highest BCUT2D eigenvalue weighted by atomic mass is 14.9. The largest absolute Gasteiger partial charge is 0.314 e. The van der Waals surface area contributed by atoms with Crippen molar-refractivity contribution in [3.05, 3.63) is 35.4 Å². The fourth-order valence-corrected chi connectivity index (χ4v) is 2.95. The summed E-state index contributed by atoms with van der Waals surface area (Å²) in [5.41, 5.74) is 2.81. The first-order chi connectivity index (χ1) is 10.9. The van der Waals surface area contributed by atoms with Gasteiger partial charge in [-0.05, 0) is 49.9 Å². The van der Waals surface area contributed by atoms with Gasteiger partial charge in [-0.2, -0.15) is 0 Å². The average Bonchev–Trinajstić information content (AvgIpc) is 2.61. The van der Waals surface area contributed by atoms with Gasteiger partial charge in [0.2, 0.25) is 0 Å². The Morgan fingerprint density at radius 2 is 1.55 bits per heavy atom. The Hall–Kier alpha value is -0.860. The van der Waals surface area contributed by atoms with Crippen LogP contribution in [-0.2, 0) is 13.0 Å². The number of hydrogen-bond donors (Lipinski definition) is 2. The number of rotatable bonds is 8. The molecule has 1 aliphatic carbocycles. The van der Waals surface area contributed by atoms with Crippen LogP contribution in [0.3, 0.4) is 0 Å². The monoisotopic (exact) mass is 304 g/mol. The van der Waals surface area contributed by atoms with Crippen LogP contribution in [0.1, 0.15) is 70.4 Å². The predicted molar refractivity (Wildman–Crippen MR) is 98.4 cm³/mol. The molecule has 2 N–H and O–H groups in total. The van der Waals surface area contributed by atoms with Crippen LogP contribution in [-0.4, -0.2) is 19.1 Å². The maximum absolute atomic E-state index is 3.70. The van der Waals surface area contributed by atoms with Gasteiger partial charge < -0.3 is 10.6 Å². The van der Waals surface area contributed by atoms with Crippen LogP contribution in [0.4, 0.5) is 0 Å². The van der Waals surface area contributed by atoms with Crippen LogP contribution in [0.5, 0.6) is 0 Å². The number of hydrogen-bond acceptors (Lipinski definition) is 2. The summed E-state index contributed by atoms with van der Waals surface area (Å²) < 4.78 is 0. The fourth-order valence-electron chi connectivity index (χ4n) is 2.95. The van der Waals surface area contributed by atoms with Gasteiger partial charge in [-0.15, -0.1) is 0 Å². The van der Waals surface area contributed by atoms with Crippen LogP contribution in [0.2, 0.25) is 0 Å². The van der Waals surface area contributed by atoms with E-state index in [1.54, 1.807) is 0 Å². The van der Waals surface area contributed by atoms with Crippen LogP contribution >= 0.6 is 0 Å². The lowest BCUT2D eigenvalue weighted by Crippen LogP contribution is -2.33. The van der Waals surface area contributed by atoms with Crippen LogP contribution < -0.4 is 10.6 Å². The molecule has 2 rings (SSSR count). The summed E-state index contributed by atoms with van der Waals surface area (Å²) in [7, 11) is 0. The molecule has 0 saturated heterocycles. The summed E-state index contributed by atoms with van der Waals surface area (Å²) >= 11 is 0. The number of benzene rings is 1. The Morgan fingerprint density at radius 1 is 0.909 bits per heavy atom. The lowest BCUT2D eigenvalue weighted by Gasteiger charge is -2.22. The highest BCUT2D eigenvalue weighted by molar-refractivity contribution is 5.22. The summed E-state index contributed by atoms with van der Waals surface area (Å²) in [4.78, 5) is 0. The molecule has 0 atom stereocenters. The third-order valence-electron chi connectivity index (χ3n) is 4.33. The smallest absolute Gasteiger partial charge is 0.0205 e. The molecule has 1 saturated carbocycles. The van der Waals surface area contributed by atoms with Crippen molar-refractivity contribution in [1.82, 2.24) is 10.6 Å². The quantitative estimate of drug-likeness (QED) is 0.682. The molecular formula is C20H36N2. The maximum atomic E-state index is 3.70. The highest BCUT2D eigenvalue weighted by Gasteiger charge is 2.11. The SMILES string of the molecule is CC.CCc1ccc(CNCCCNC2CCCCC2)cc1. The molecule has 1 aromatic carbocycles. The predicted octanol–water partition coefficient (Wildman–Crippen LogP) is 4.68. The minimum Gasteiger partial charge on any atom is -0.314 e. The highest BCUT2D eigenvalue weighted by Crippen LogP contribution is 2.17. The summed E-state index contributed by atoms with van der Waals surface area (Å²) in [6.45, 7) is 9.46. The molecule has 2 heteroatoms. The Labute approximate surface area is 138 Å². The fraction of sp³-hybridized carbons (Fsp3) is 0.700. The molecule has 0 amide bonds. The molecule has 22 heavy (non-hydrogen) atoms. The zero-order chi connectivity index (χ0) is 16.0. The lowest BCUT2D eigenvalue weighted by atomic mass is 9.95. The Balaban J connectivity index is 0.00000116. The van der Waals surface area contributed by atoms with E-state index in [2.05, 4.69) is 41.8 Å². The Bertz CT molecular complexity index is 352. The summed E-state index contributed by atoms with van der Waals surface area (Å²) in [6.07, 6.45) is 9.41. The first kappa shape index (κ1) is 19.2. The van der Waals surface area contributed by atoms with E-state index < -0.39 is 0 Å². The molecular weight excluding hydrogens is 268 g/mol. The third-order valence-corrected chi connectivity index (χ3v) is 4.33. The van der Waals surface area contributed by atoms with E-state index in [1.165, 1.54) is 49.7 Å². The molecule has 1 fully saturated rings. The van der Waals surface area contributed by atoms with Gasteiger partial charge in [0.1, 0.15) is 0 Å². The second kappa shape index (κ2) is 12.7. The van der Waals surface area contributed by atoms with Crippen molar-refractivity contribution in [2.75, 3.05) is 13.1 Å². The average molecular weight is 305 g/mol. The van der Waals surface area contributed by atoms with Crippen molar-refractivity contribution in [2.24, 2.45) is 0 Å². The van der Waals surface area contributed by atoms with Gasteiger partial charge in [0.25, 0.3) is 0 Å². The molecule has 0 bridgehead atoms. The van der Waals surface area contributed by atoms with Crippen LogP contribution in [0, 0.1) is 0 Å². The molecule has 126 valence electrons. The Kier molecular flexibility index (Phi) is 11.0. The molecule has 2 nitrogen and oxygen atoms in total. The Morgan fingerprint density at radius 3 is 2.18 bits per heavy atom. The molecule has 0 spiro atoms. The first-order valence-electron chi connectivity index (χ1n) is 9.40. The summed E-state index contributed by atoms with van der Waals surface area (Å²) in [5, 5.41) is 7.23. The van der Waals surface area contributed by atoms with Crippen LogP contribution in [0.25, 0.3) is 0 Å². The summed E-state index contributed by atoms with van der Waals surface area (Å²) in [6, 6.07) is 9.76. The zero-order valence-electron chi connectivity index (χ0n) is 15.0. The topological polar surface area (TPSA) is 24.1 Å². The van der Waals surface area contributed by atoms with Crippen LogP contribution in [0.15, 0.2) is 24.3 Å². The molecule has 0 heterocycles. The van der Waals surface area contributed by atoms with Crippen molar-refractivity contribution in [3.8, 4) is 0 Å². The van der Waals surface area contributed by atoms with Crippen molar-refractivity contribution in [2.45, 2.75) is 78.3 Å². The normalized spacial score (nSPS) is 15.2. The van der Waals surface area contributed by atoms with Gasteiger partial charge in [-0.1, -0.05) is 64.3 Å². The van der Waals surface area contributed by atoms with Gasteiger partial charge >= 0.3 is 0 Å². The molecule has 1 aliphatic rings. The standard InChI is InChI=1S/C18H30N2.C2H6/c1-2-16-9-11-17(12-10-16)15-19-13-6-14-20-18-7-4-3-5-8-18;1-2/h9-12,18-20H,2-8,13-15H2,1H3;1-2H3. The minimum absolute atomic E-state index is 0.797. The van der Waals surface area contributed by atoms with Gasteiger partial charge in [-0.3, -0.25) is 0 Å². The third kappa shape index (κ3) is 7.95. The van der Waals surface area contributed by atoms with E-state index in [9.17, 15) is 0 Å². The lowest BCUT2D eigenvalue weighted by molar-refractivity contribution is 0.371. The molecule has 1 aromatic rings. The van der Waals surface area contributed by atoms with E-state index in [4.69, 9.17) is 0 Å². The number of nitrogens with one attached hydrogen (secondary N) is 2. The molecule has 0 aromatic heterocycles. The number of aryl methyl sites for hydroxylation is 1. The molecule has 0 radical (unpaired) electrons. The van der Waals surface area contributed by atoms with Crippen molar-refractivity contribution in [3.63, 3.8) is 0 Å². The maximum Gasteiger partial charge on any atom is 0.0205 e. The van der Waals surface area contributed by atoms with Crippen molar-refractivity contribution in [1.29, 1.82) is 0 Å². The zero-order valence-corrected chi connectivity index (χ0v) is 15.0. The van der Waals surface area contributed by atoms with Gasteiger partial charge in [0.15, 0.2) is 0 Å². The van der Waals surface area contributed by atoms with Gasteiger partial charge in [0.05, 0.1) is 0 Å². The first-order valence-corrected chi connectivity index (χ1v) is 9.40. The van der Waals surface area contributed by atoms with E-state index in [-0.39, 0.29) is 0 Å². The van der Waals surface area contributed by atoms with E-state index in [0.717, 1.165) is 32.1 Å². The molecule has 0 aliphatic heterocycles. The van der Waals surface area contributed by atoms with E-state index >= 15 is 0 Å². The van der Waals surface area contributed by atoms with E-state index in [0.29, 0.717) is 0 Å². The minimum atomic E-state index is 0.797.